The molecule has 0 aliphatic heterocycles. The fourth-order valence-electron chi connectivity index (χ4n) is 3.04. The summed E-state index contributed by atoms with van der Waals surface area (Å²) in [4.78, 5) is 16.0. The number of nitrogens with one attached hydrogen (secondary N) is 1. The standard InChI is InChI=1S/C23H19FN4O/c1-16(29)25-21-13-9-18(10-14-21)22-26-23(19-5-3-2-4-6-19)28(27-22)15-17-7-11-20(24)12-8-17/h2-14H,15H2,1H3,(H,25,29). The summed E-state index contributed by atoms with van der Waals surface area (Å²) in [5, 5.41) is 7.44. The monoisotopic (exact) mass is 386 g/mol. The summed E-state index contributed by atoms with van der Waals surface area (Å²) in [5.74, 6) is 0.928. The Hall–Kier alpha value is -3.80. The van der Waals surface area contributed by atoms with Crippen LogP contribution in [0.15, 0.2) is 78.9 Å². The quantitative estimate of drug-likeness (QED) is 0.538. The van der Waals surface area contributed by atoms with E-state index in [9.17, 15) is 9.18 Å². The maximum Gasteiger partial charge on any atom is 0.221 e. The zero-order valence-electron chi connectivity index (χ0n) is 15.8. The summed E-state index contributed by atoms with van der Waals surface area (Å²) < 4.78 is 15.1. The number of anilines is 1. The van der Waals surface area contributed by atoms with E-state index in [1.807, 2.05) is 59.3 Å². The first-order chi connectivity index (χ1) is 14.1. The Morgan fingerprint density at radius 3 is 2.28 bits per heavy atom. The van der Waals surface area contributed by atoms with Gasteiger partial charge in [0.1, 0.15) is 5.82 Å². The lowest BCUT2D eigenvalue weighted by Crippen LogP contribution is -2.05. The van der Waals surface area contributed by atoms with Gasteiger partial charge in [-0.05, 0) is 42.0 Å². The van der Waals surface area contributed by atoms with E-state index in [4.69, 9.17) is 4.98 Å². The number of halogens is 1. The smallest absolute Gasteiger partial charge is 0.221 e. The number of hydrogen-bond donors (Lipinski definition) is 1. The number of nitrogens with zero attached hydrogens (tertiary/aromatic N) is 3. The molecule has 0 aliphatic carbocycles. The van der Waals surface area contributed by atoms with Gasteiger partial charge in [0.25, 0.3) is 0 Å². The molecule has 0 aliphatic rings. The molecule has 0 fully saturated rings. The van der Waals surface area contributed by atoms with Crippen molar-refractivity contribution >= 4 is 11.6 Å². The van der Waals surface area contributed by atoms with Gasteiger partial charge in [-0.1, -0.05) is 42.5 Å². The van der Waals surface area contributed by atoms with E-state index < -0.39 is 0 Å². The average Bonchev–Trinajstić information content (AvgIpc) is 3.14. The van der Waals surface area contributed by atoms with E-state index in [2.05, 4.69) is 10.4 Å². The van der Waals surface area contributed by atoms with Gasteiger partial charge in [0.05, 0.1) is 6.54 Å². The van der Waals surface area contributed by atoms with Crippen molar-refractivity contribution in [1.82, 2.24) is 14.8 Å². The molecule has 0 spiro atoms. The molecule has 1 N–H and O–H groups in total. The highest BCUT2D eigenvalue weighted by molar-refractivity contribution is 5.88. The van der Waals surface area contributed by atoms with Crippen LogP contribution < -0.4 is 5.32 Å². The predicted octanol–water partition coefficient (Wildman–Crippen LogP) is 4.76. The summed E-state index contributed by atoms with van der Waals surface area (Å²) in [6.45, 7) is 1.94. The highest BCUT2D eigenvalue weighted by Gasteiger charge is 2.14. The molecule has 0 unspecified atom stereocenters. The summed E-state index contributed by atoms with van der Waals surface area (Å²) in [7, 11) is 0. The Morgan fingerprint density at radius 1 is 0.931 bits per heavy atom. The van der Waals surface area contributed by atoms with Crippen molar-refractivity contribution in [1.29, 1.82) is 0 Å². The molecule has 0 bridgehead atoms. The summed E-state index contributed by atoms with van der Waals surface area (Å²) in [6, 6.07) is 23.6. The van der Waals surface area contributed by atoms with Crippen LogP contribution in [0.1, 0.15) is 12.5 Å². The first-order valence-corrected chi connectivity index (χ1v) is 9.21. The highest BCUT2D eigenvalue weighted by atomic mass is 19.1. The number of amides is 1. The van der Waals surface area contributed by atoms with Gasteiger partial charge in [-0.3, -0.25) is 4.79 Å². The lowest BCUT2D eigenvalue weighted by molar-refractivity contribution is -0.114. The van der Waals surface area contributed by atoms with Crippen molar-refractivity contribution in [3.8, 4) is 22.8 Å². The van der Waals surface area contributed by atoms with Gasteiger partial charge in [0, 0.05) is 23.7 Å². The predicted molar refractivity (Wildman–Crippen MR) is 111 cm³/mol. The fraction of sp³-hybridized carbons (Fsp3) is 0.0870. The molecule has 1 amide bonds. The van der Waals surface area contributed by atoms with Gasteiger partial charge in [0.15, 0.2) is 11.6 Å². The molecule has 4 aromatic rings. The van der Waals surface area contributed by atoms with Crippen LogP contribution >= 0.6 is 0 Å². The van der Waals surface area contributed by atoms with Crippen LogP contribution in [0, 0.1) is 5.82 Å². The molecule has 6 heteroatoms. The van der Waals surface area contributed by atoms with Crippen LogP contribution in [0.2, 0.25) is 0 Å². The average molecular weight is 386 g/mol. The Bertz CT molecular complexity index is 1120. The van der Waals surface area contributed by atoms with E-state index in [-0.39, 0.29) is 11.7 Å². The maximum absolute atomic E-state index is 13.2. The van der Waals surface area contributed by atoms with E-state index in [0.29, 0.717) is 12.4 Å². The molecule has 5 nitrogen and oxygen atoms in total. The van der Waals surface area contributed by atoms with Gasteiger partial charge < -0.3 is 5.32 Å². The minimum atomic E-state index is -0.268. The van der Waals surface area contributed by atoms with Crippen molar-refractivity contribution in [3.05, 3.63) is 90.2 Å². The van der Waals surface area contributed by atoms with Crippen LogP contribution in [0.3, 0.4) is 0 Å². The molecule has 144 valence electrons. The number of hydrogen-bond acceptors (Lipinski definition) is 3. The van der Waals surface area contributed by atoms with Crippen molar-refractivity contribution in [3.63, 3.8) is 0 Å². The van der Waals surface area contributed by atoms with Gasteiger partial charge in [0.2, 0.25) is 5.91 Å². The van der Waals surface area contributed by atoms with Crippen molar-refractivity contribution in [2.24, 2.45) is 0 Å². The molecule has 1 heterocycles. The lowest BCUT2D eigenvalue weighted by atomic mass is 10.2. The molecule has 0 saturated heterocycles. The Kier molecular flexibility index (Phi) is 5.16. The molecule has 0 saturated carbocycles. The van der Waals surface area contributed by atoms with Crippen LogP contribution in [-0.2, 0) is 11.3 Å². The third kappa shape index (κ3) is 4.38. The van der Waals surface area contributed by atoms with Crippen molar-refractivity contribution in [2.45, 2.75) is 13.5 Å². The highest BCUT2D eigenvalue weighted by Crippen LogP contribution is 2.24. The molecule has 0 atom stereocenters. The summed E-state index contributed by atoms with van der Waals surface area (Å²) in [5.41, 5.74) is 3.44. The zero-order valence-corrected chi connectivity index (χ0v) is 15.8. The molecular weight excluding hydrogens is 367 g/mol. The molecule has 0 radical (unpaired) electrons. The lowest BCUT2D eigenvalue weighted by Gasteiger charge is -2.06. The number of carbonyl (C=O) groups excluding carboxylic acids is 1. The van der Waals surface area contributed by atoms with Gasteiger partial charge >= 0.3 is 0 Å². The fourth-order valence-corrected chi connectivity index (χ4v) is 3.04. The van der Waals surface area contributed by atoms with Crippen molar-refractivity contribution in [2.75, 3.05) is 5.32 Å². The topological polar surface area (TPSA) is 59.8 Å². The van der Waals surface area contributed by atoms with E-state index in [1.165, 1.54) is 19.1 Å². The van der Waals surface area contributed by atoms with E-state index in [1.54, 1.807) is 12.1 Å². The number of carbonyl (C=O) groups is 1. The van der Waals surface area contributed by atoms with Crippen LogP contribution in [0.25, 0.3) is 22.8 Å². The minimum Gasteiger partial charge on any atom is -0.326 e. The molecule has 4 rings (SSSR count). The first-order valence-electron chi connectivity index (χ1n) is 9.21. The summed E-state index contributed by atoms with van der Waals surface area (Å²) >= 11 is 0. The van der Waals surface area contributed by atoms with Gasteiger partial charge in [-0.2, -0.15) is 5.10 Å². The van der Waals surface area contributed by atoms with Crippen LogP contribution in [-0.4, -0.2) is 20.7 Å². The minimum absolute atomic E-state index is 0.120. The number of rotatable bonds is 5. The SMILES string of the molecule is CC(=O)Nc1ccc(-c2nc(-c3ccccc3)n(Cc3ccc(F)cc3)n2)cc1. The second kappa shape index (κ2) is 8.06. The van der Waals surface area contributed by atoms with Crippen molar-refractivity contribution < 1.29 is 9.18 Å². The molecular formula is C23H19FN4O. The maximum atomic E-state index is 13.2. The second-order valence-corrected chi connectivity index (χ2v) is 6.67. The largest absolute Gasteiger partial charge is 0.326 e. The second-order valence-electron chi connectivity index (χ2n) is 6.67. The summed E-state index contributed by atoms with van der Waals surface area (Å²) in [6.07, 6.45) is 0. The zero-order chi connectivity index (χ0) is 20.2. The van der Waals surface area contributed by atoms with Crippen LogP contribution in [0.5, 0.6) is 0 Å². The number of benzene rings is 3. The molecule has 29 heavy (non-hydrogen) atoms. The Balaban J connectivity index is 1.71. The van der Waals surface area contributed by atoms with Crippen LogP contribution in [0.4, 0.5) is 10.1 Å². The Labute approximate surface area is 167 Å². The molecule has 1 aromatic heterocycles. The molecule has 3 aromatic carbocycles. The third-order valence-corrected chi connectivity index (χ3v) is 4.41. The van der Waals surface area contributed by atoms with E-state index >= 15 is 0 Å². The Morgan fingerprint density at radius 2 is 1.62 bits per heavy atom. The van der Waals surface area contributed by atoms with Gasteiger partial charge in [-0.25, -0.2) is 14.1 Å². The third-order valence-electron chi connectivity index (χ3n) is 4.41. The number of aromatic nitrogens is 3. The normalized spacial score (nSPS) is 10.7. The van der Waals surface area contributed by atoms with Gasteiger partial charge in [-0.15, -0.1) is 0 Å². The van der Waals surface area contributed by atoms with E-state index in [0.717, 1.165) is 28.2 Å². The first kappa shape index (κ1) is 18.6.